The van der Waals surface area contributed by atoms with Gasteiger partial charge in [0.15, 0.2) is 11.4 Å². The fraction of sp³-hybridized carbons (Fsp3) is 0.743. The van der Waals surface area contributed by atoms with Gasteiger partial charge < -0.3 is 24.8 Å². The van der Waals surface area contributed by atoms with Crippen LogP contribution >= 0.6 is 0 Å². The van der Waals surface area contributed by atoms with E-state index in [2.05, 4.69) is 6.92 Å². The number of esters is 2. The summed E-state index contributed by atoms with van der Waals surface area (Å²) in [5.74, 6) is -4.44. The summed E-state index contributed by atoms with van der Waals surface area (Å²) in [7, 11) is 0. The van der Waals surface area contributed by atoms with E-state index in [4.69, 9.17) is 9.47 Å². The Balaban J connectivity index is 1.73. The highest BCUT2D eigenvalue weighted by Gasteiger charge is 2.88. The van der Waals surface area contributed by atoms with Crippen LogP contribution in [0.25, 0.3) is 0 Å². The van der Waals surface area contributed by atoms with E-state index in [1.807, 2.05) is 13.8 Å². The minimum atomic E-state index is -1.95. The third-order valence-corrected chi connectivity index (χ3v) is 11.2. The van der Waals surface area contributed by atoms with Crippen LogP contribution in [-0.4, -0.2) is 62.6 Å². The van der Waals surface area contributed by atoms with Gasteiger partial charge in [-0.05, 0) is 38.3 Å². The minimum Gasteiger partial charge on any atom is -0.454 e. The molecule has 0 radical (unpaired) electrons. The molecule has 0 spiro atoms. The minimum absolute atomic E-state index is 0.118. The van der Waals surface area contributed by atoms with Gasteiger partial charge in [-0.15, -0.1) is 0 Å². The largest absolute Gasteiger partial charge is 0.454 e. The predicted molar refractivity (Wildman–Crippen MR) is 163 cm³/mol. The maximum absolute atomic E-state index is 13.5. The van der Waals surface area contributed by atoms with Gasteiger partial charge in [0, 0.05) is 47.5 Å². The number of Topliss-reactive ketones (excluding diaryl/α,β-unsaturated/α-hetero) is 1. The van der Waals surface area contributed by atoms with Crippen molar-refractivity contribution in [3.05, 3.63) is 34.9 Å². The second kappa shape index (κ2) is 12.2. The lowest BCUT2D eigenvalue weighted by atomic mass is 9.59. The molecule has 43 heavy (non-hydrogen) atoms. The second-order valence-corrected chi connectivity index (χ2v) is 14.1. The summed E-state index contributed by atoms with van der Waals surface area (Å²) in [5.41, 5.74) is -4.46. The standard InChI is InChI=1S/C35H52O8/c1-8-10-11-12-13-14-15-16-27(37)43-35-28(32(35,6)7)25-18-24(20-36)19-33(40)26(17-22(4)29(33)38)34(25,41)23(5)30(35)42-31(39)21(3)9-2/h9,17-18,23,25-26,28,30,36,40-41H,8,10-16,19-20H2,1-7H3/b21-9+/t23-,25+,26-,28-,30-,33-,34-,35-/m0/s1. The van der Waals surface area contributed by atoms with Gasteiger partial charge in [-0.3, -0.25) is 9.59 Å². The normalized spacial score (nSPS) is 37.8. The summed E-state index contributed by atoms with van der Waals surface area (Å²) in [6.45, 7) is 12.4. The van der Waals surface area contributed by atoms with Crippen LogP contribution in [0.1, 0.15) is 106 Å². The van der Waals surface area contributed by atoms with Gasteiger partial charge in [-0.1, -0.05) is 84.4 Å². The zero-order valence-corrected chi connectivity index (χ0v) is 27.1. The van der Waals surface area contributed by atoms with Crippen LogP contribution in [0.4, 0.5) is 0 Å². The van der Waals surface area contributed by atoms with Gasteiger partial charge in [0.2, 0.25) is 0 Å². The summed E-state index contributed by atoms with van der Waals surface area (Å²) in [6.07, 6.45) is 11.6. The van der Waals surface area contributed by atoms with Crippen LogP contribution in [0.15, 0.2) is 34.9 Å². The Morgan fingerprint density at radius 2 is 1.70 bits per heavy atom. The van der Waals surface area contributed by atoms with Gasteiger partial charge in [0.25, 0.3) is 0 Å². The molecular weight excluding hydrogens is 548 g/mol. The number of hydrogen-bond donors (Lipinski definition) is 3. The maximum atomic E-state index is 13.5. The van der Waals surface area contributed by atoms with E-state index in [1.165, 1.54) is 19.3 Å². The lowest BCUT2D eigenvalue weighted by Gasteiger charge is -2.53. The quantitative estimate of drug-likeness (QED) is 0.122. The lowest BCUT2D eigenvalue weighted by Crippen LogP contribution is -2.66. The molecule has 2 saturated carbocycles. The van der Waals surface area contributed by atoms with Gasteiger partial charge in [0.05, 0.1) is 12.2 Å². The number of ether oxygens (including phenoxy) is 2. The van der Waals surface area contributed by atoms with Gasteiger partial charge in [0.1, 0.15) is 11.7 Å². The lowest BCUT2D eigenvalue weighted by molar-refractivity contribution is -0.227. The van der Waals surface area contributed by atoms with E-state index in [0.717, 1.165) is 19.3 Å². The fourth-order valence-electron chi connectivity index (χ4n) is 8.62. The van der Waals surface area contributed by atoms with E-state index in [9.17, 15) is 29.7 Å². The molecule has 0 saturated heterocycles. The Morgan fingerprint density at radius 3 is 2.30 bits per heavy atom. The van der Waals surface area contributed by atoms with Crippen LogP contribution in [0, 0.1) is 29.1 Å². The van der Waals surface area contributed by atoms with Crippen molar-refractivity contribution < 1.29 is 39.2 Å². The smallest absolute Gasteiger partial charge is 0.333 e. The molecule has 4 aliphatic rings. The van der Waals surface area contributed by atoms with Crippen molar-refractivity contribution in [3.63, 3.8) is 0 Å². The summed E-state index contributed by atoms with van der Waals surface area (Å²) in [4.78, 5) is 40.0. The van der Waals surface area contributed by atoms with E-state index in [-0.39, 0.29) is 25.4 Å². The van der Waals surface area contributed by atoms with E-state index in [1.54, 1.807) is 45.9 Å². The second-order valence-electron chi connectivity index (χ2n) is 14.1. The average Bonchev–Trinajstić information content (AvgIpc) is 3.39. The summed E-state index contributed by atoms with van der Waals surface area (Å²) >= 11 is 0. The van der Waals surface area contributed by atoms with Crippen LogP contribution in [0.2, 0.25) is 0 Å². The third-order valence-electron chi connectivity index (χ3n) is 11.2. The molecule has 2 fully saturated rings. The van der Waals surface area contributed by atoms with Crippen molar-refractivity contribution in [2.24, 2.45) is 29.1 Å². The molecular formula is C35H52O8. The van der Waals surface area contributed by atoms with E-state index >= 15 is 0 Å². The molecule has 0 amide bonds. The highest BCUT2D eigenvalue weighted by molar-refractivity contribution is 6.04. The average molecular weight is 601 g/mol. The molecule has 0 aliphatic heterocycles. The van der Waals surface area contributed by atoms with Crippen molar-refractivity contribution in [1.82, 2.24) is 0 Å². The monoisotopic (exact) mass is 600 g/mol. The van der Waals surface area contributed by atoms with Crippen LogP contribution < -0.4 is 0 Å². The van der Waals surface area contributed by atoms with Gasteiger partial charge in [-0.2, -0.15) is 0 Å². The van der Waals surface area contributed by atoms with Crippen molar-refractivity contribution in [3.8, 4) is 0 Å². The molecule has 4 aliphatic carbocycles. The summed E-state index contributed by atoms with van der Waals surface area (Å²) in [6, 6.07) is 0. The number of fused-ring (bicyclic) bond motifs is 5. The van der Waals surface area contributed by atoms with E-state index < -0.39 is 63.7 Å². The molecule has 0 heterocycles. The Labute approximate surface area is 256 Å². The van der Waals surface area contributed by atoms with E-state index in [0.29, 0.717) is 23.1 Å². The molecule has 0 aromatic heterocycles. The first-order valence-corrected chi connectivity index (χ1v) is 16.2. The SMILES string of the molecule is C/C=C(\C)C(=O)O[C@H]1[C@H](C)[C@]2(O)[C@H](C=C(CO)C[C@@]3(O)C(=O)C(C)=C[C@H]23)[C@H]2C(C)(C)[C@@]12OC(=O)CCCCCCCCC. The number of carbonyl (C=O) groups is 3. The first-order valence-electron chi connectivity index (χ1n) is 16.2. The Bertz CT molecular complexity index is 1210. The highest BCUT2D eigenvalue weighted by Crippen LogP contribution is 2.77. The highest BCUT2D eigenvalue weighted by atomic mass is 16.6. The van der Waals surface area contributed by atoms with Crippen LogP contribution in [0.3, 0.4) is 0 Å². The Kier molecular flexibility index (Phi) is 9.57. The first kappa shape index (κ1) is 33.6. The number of carbonyl (C=O) groups excluding carboxylic acids is 3. The molecule has 0 bridgehead atoms. The Hall–Kier alpha value is -2.29. The van der Waals surface area contributed by atoms with Crippen molar-refractivity contribution >= 4 is 17.7 Å². The van der Waals surface area contributed by atoms with Crippen LogP contribution in [-0.2, 0) is 23.9 Å². The number of aliphatic hydroxyl groups excluding tert-OH is 1. The summed E-state index contributed by atoms with van der Waals surface area (Å²) in [5, 5.41) is 35.0. The molecule has 8 atom stereocenters. The fourth-order valence-corrected chi connectivity index (χ4v) is 8.62. The van der Waals surface area contributed by atoms with Crippen molar-refractivity contribution in [1.29, 1.82) is 0 Å². The molecule has 240 valence electrons. The number of rotatable bonds is 12. The maximum Gasteiger partial charge on any atom is 0.333 e. The van der Waals surface area contributed by atoms with Crippen molar-refractivity contribution in [2.75, 3.05) is 6.61 Å². The number of allylic oxidation sites excluding steroid dienone is 1. The molecule has 3 N–H and O–H groups in total. The van der Waals surface area contributed by atoms with Crippen molar-refractivity contribution in [2.45, 2.75) is 129 Å². The zero-order chi connectivity index (χ0) is 32.0. The Morgan fingerprint density at radius 1 is 1.07 bits per heavy atom. The number of aliphatic hydroxyl groups is 3. The molecule has 4 rings (SSSR count). The molecule has 0 aromatic rings. The molecule has 0 unspecified atom stereocenters. The molecule has 0 aromatic carbocycles. The first-order chi connectivity index (χ1) is 20.2. The molecule has 8 nitrogen and oxygen atoms in total. The predicted octanol–water partition coefficient (Wildman–Crippen LogP) is 5.14. The molecule has 8 heteroatoms. The number of ketones is 1. The number of hydrogen-bond acceptors (Lipinski definition) is 8. The number of unbranched alkanes of at least 4 members (excludes halogenated alkanes) is 6. The topological polar surface area (TPSA) is 130 Å². The summed E-state index contributed by atoms with van der Waals surface area (Å²) < 4.78 is 12.6. The van der Waals surface area contributed by atoms with Gasteiger partial charge >= 0.3 is 11.9 Å². The van der Waals surface area contributed by atoms with Crippen LogP contribution in [0.5, 0.6) is 0 Å². The zero-order valence-electron chi connectivity index (χ0n) is 27.1. The van der Waals surface area contributed by atoms with Gasteiger partial charge in [-0.25, -0.2) is 4.79 Å². The third kappa shape index (κ3) is 5.25.